The van der Waals surface area contributed by atoms with Gasteiger partial charge in [-0.3, -0.25) is 0 Å². The topological polar surface area (TPSA) is 63.2 Å². The lowest BCUT2D eigenvalue weighted by molar-refractivity contribution is -0.154. The number of hydrogen-bond acceptors (Lipinski definition) is 3. The number of halogens is 3. The molecule has 0 aliphatic carbocycles. The molecule has 0 radical (unpaired) electrons. The molecule has 1 aromatic heterocycles. The highest BCUT2D eigenvalue weighted by Gasteiger charge is 2.28. The standard InChI is InChI=1S/C12H16F3N3O2/c1-3-8(2)17-11(19)18-9-4-5-10(16-6-9)20-7-12(13,14)15/h4-6,8H,3,7H2,1-2H3,(H2,17,18,19). The molecule has 0 fully saturated rings. The fourth-order valence-corrected chi connectivity index (χ4v) is 1.19. The van der Waals surface area contributed by atoms with Crippen LogP contribution in [-0.4, -0.2) is 29.8 Å². The first-order chi connectivity index (χ1) is 9.30. The highest BCUT2D eigenvalue weighted by molar-refractivity contribution is 5.89. The summed E-state index contributed by atoms with van der Waals surface area (Å²) in [6, 6.07) is 2.29. The van der Waals surface area contributed by atoms with Crippen molar-refractivity contribution in [2.75, 3.05) is 11.9 Å². The van der Waals surface area contributed by atoms with Crippen LogP contribution in [0, 0.1) is 0 Å². The van der Waals surface area contributed by atoms with Crippen molar-refractivity contribution < 1.29 is 22.7 Å². The molecule has 1 rings (SSSR count). The average molecular weight is 291 g/mol. The Labute approximate surface area is 114 Å². The van der Waals surface area contributed by atoms with Crippen molar-refractivity contribution in [3.8, 4) is 5.88 Å². The fourth-order valence-electron chi connectivity index (χ4n) is 1.19. The Hall–Kier alpha value is -1.99. The van der Waals surface area contributed by atoms with Crippen LogP contribution in [0.5, 0.6) is 5.88 Å². The van der Waals surface area contributed by atoms with E-state index >= 15 is 0 Å². The van der Waals surface area contributed by atoms with Crippen molar-refractivity contribution in [1.29, 1.82) is 0 Å². The number of urea groups is 1. The Morgan fingerprint density at radius 2 is 2.15 bits per heavy atom. The van der Waals surface area contributed by atoms with E-state index in [1.807, 2.05) is 13.8 Å². The van der Waals surface area contributed by atoms with Gasteiger partial charge in [0.2, 0.25) is 5.88 Å². The molecule has 0 bridgehead atoms. The third-order valence-electron chi connectivity index (χ3n) is 2.37. The minimum Gasteiger partial charge on any atom is -0.468 e. The van der Waals surface area contributed by atoms with Crippen LogP contribution >= 0.6 is 0 Å². The Balaban J connectivity index is 2.48. The van der Waals surface area contributed by atoms with Gasteiger partial charge in [0.05, 0.1) is 11.9 Å². The van der Waals surface area contributed by atoms with Crippen molar-refractivity contribution in [3.05, 3.63) is 18.3 Å². The normalized spacial score (nSPS) is 12.7. The van der Waals surface area contributed by atoms with Crippen molar-refractivity contribution in [2.24, 2.45) is 0 Å². The van der Waals surface area contributed by atoms with Gasteiger partial charge in [0.25, 0.3) is 0 Å². The first-order valence-electron chi connectivity index (χ1n) is 6.03. The van der Waals surface area contributed by atoms with Crippen molar-refractivity contribution in [1.82, 2.24) is 10.3 Å². The molecule has 8 heteroatoms. The van der Waals surface area contributed by atoms with Crippen LogP contribution in [0.15, 0.2) is 18.3 Å². The molecule has 1 atom stereocenters. The highest BCUT2D eigenvalue weighted by Crippen LogP contribution is 2.17. The monoisotopic (exact) mass is 291 g/mol. The maximum absolute atomic E-state index is 11.9. The minimum atomic E-state index is -4.41. The van der Waals surface area contributed by atoms with Crippen LogP contribution in [-0.2, 0) is 0 Å². The van der Waals surface area contributed by atoms with E-state index in [0.29, 0.717) is 5.69 Å². The van der Waals surface area contributed by atoms with E-state index in [2.05, 4.69) is 20.4 Å². The predicted molar refractivity (Wildman–Crippen MR) is 67.7 cm³/mol. The Morgan fingerprint density at radius 3 is 2.65 bits per heavy atom. The summed E-state index contributed by atoms with van der Waals surface area (Å²) >= 11 is 0. The van der Waals surface area contributed by atoms with E-state index in [4.69, 9.17) is 0 Å². The number of aromatic nitrogens is 1. The van der Waals surface area contributed by atoms with Gasteiger partial charge in [0.1, 0.15) is 0 Å². The second-order valence-electron chi connectivity index (χ2n) is 4.20. The van der Waals surface area contributed by atoms with Crippen molar-refractivity contribution >= 4 is 11.7 Å². The van der Waals surface area contributed by atoms with Gasteiger partial charge in [-0.2, -0.15) is 13.2 Å². The zero-order chi connectivity index (χ0) is 15.2. The Bertz CT molecular complexity index is 435. The fraction of sp³-hybridized carbons (Fsp3) is 0.500. The lowest BCUT2D eigenvalue weighted by atomic mass is 10.3. The summed E-state index contributed by atoms with van der Waals surface area (Å²) in [6.45, 7) is 2.38. The van der Waals surface area contributed by atoms with Gasteiger partial charge in [0.15, 0.2) is 6.61 Å². The summed E-state index contributed by atoms with van der Waals surface area (Å²) in [5.41, 5.74) is 0.366. The molecule has 2 amide bonds. The number of anilines is 1. The Kier molecular flexibility index (Phi) is 5.60. The smallest absolute Gasteiger partial charge is 0.422 e. The quantitative estimate of drug-likeness (QED) is 0.876. The van der Waals surface area contributed by atoms with E-state index < -0.39 is 18.8 Å². The van der Waals surface area contributed by atoms with E-state index in [0.717, 1.165) is 6.42 Å². The second kappa shape index (κ2) is 6.97. The molecule has 0 spiro atoms. The molecule has 1 unspecified atom stereocenters. The number of rotatable bonds is 5. The van der Waals surface area contributed by atoms with Gasteiger partial charge >= 0.3 is 12.2 Å². The van der Waals surface area contributed by atoms with E-state index in [1.165, 1.54) is 18.3 Å². The molecule has 0 saturated heterocycles. The van der Waals surface area contributed by atoms with Crippen LogP contribution in [0.4, 0.5) is 23.7 Å². The summed E-state index contributed by atoms with van der Waals surface area (Å²) in [7, 11) is 0. The van der Waals surface area contributed by atoms with Crippen LogP contribution in [0.2, 0.25) is 0 Å². The van der Waals surface area contributed by atoms with Gasteiger partial charge in [-0.15, -0.1) is 0 Å². The summed E-state index contributed by atoms with van der Waals surface area (Å²) in [4.78, 5) is 15.2. The van der Waals surface area contributed by atoms with Crippen LogP contribution in [0.1, 0.15) is 20.3 Å². The number of nitrogens with zero attached hydrogens (tertiary/aromatic N) is 1. The second-order valence-corrected chi connectivity index (χ2v) is 4.20. The number of hydrogen-bond donors (Lipinski definition) is 2. The molecule has 1 aromatic rings. The molecule has 5 nitrogen and oxygen atoms in total. The maximum Gasteiger partial charge on any atom is 0.422 e. The molecule has 0 saturated carbocycles. The SMILES string of the molecule is CCC(C)NC(=O)Nc1ccc(OCC(F)(F)F)nc1. The molecule has 0 aromatic carbocycles. The van der Waals surface area contributed by atoms with Crippen LogP contribution in [0.25, 0.3) is 0 Å². The van der Waals surface area contributed by atoms with E-state index in [-0.39, 0.29) is 11.9 Å². The van der Waals surface area contributed by atoms with E-state index in [1.54, 1.807) is 0 Å². The molecule has 1 heterocycles. The molecule has 20 heavy (non-hydrogen) atoms. The van der Waals surface area contributed by atoms with Crippen LogP contribution in [0.3, 0.4) is 0 Å². The van der Waals surface area contributed by atoms with E-state index in [9.17, 15) is 18.0 Å². The lowest BCUT2D eigenvalue weighted by Crippen LogP contribution is -2.35. The van der Waals surface area contributed by atoms with Gasteiger partial charge in [-0.1, -0.05) is 6.92 Å². The van der Waals surface area contributed by atoms with Gasteiger partial charge in [-0.25, -0.2) is 9.78 Å². The molecular formula is C12H16F3N3O2. The van der Waals surface area contributed by atoms with Gasteiger partial charge in [0, 0.05) is 12.1 Å². The van der Waals surface area contributed by atoms with Gasteiger partial charge < -0.3 is 15.4 Å². The zero-order valence-electron chi connectivity index (χ0n) is 11.1. The molecular weight excluding hydrogens is 275 g/mol. The first kappa shape index (κ1) is 16.1. The Morgan fingerprint density at radius 1 is 1.45 bits per heavy atom. The highest BCUT2D eigenvalue weighted by atomic mass is 19.4. The third-order valence-corrected chi connectivity index (χ3v) is 2.37. The number of pyridine rings is 1. The molecule has 0 aliphatic heterocycles. The number of ether oxygens (including phenoxy) is 1. The minimum absolute atomic E-state index is 0.0253. The summed E-state index contributed by atoms with van der Waals surface area (Å²) in [6.07, 6.45) is -2.40. The first-order valence-corrected chi connectivity index (χ1v) is 6.03. The predicted octanol–water partition coefficient (Wildman–Crippen LogP) is 2.94. The summed E-state index contributed by atoms with van der Waals surface area (Å²) in [5.74, 6) is -0.157. The number of carbonyl (C=O) groups excluding carboxylic acids is 1. The molecule has 2 N–H and O–H groups in total. The molecule has 0 aliphatic rings. The van der Waals surface area contributed by atoms with Crippen molar-refractivity contribution in [3.63, 3.8) is 0 Å². The number of carbonyl (C=O) groups is 1. The zero-order valence-corrected chi connectivity index (χ0v) is 11.1. The number of amides is 2. The third kappa shape index (κ3) is 6.26. The largest absolute Gasteiger partial charge is 0.468 e. The van der Waals surface area contributed by atoms with Crippen LogP contribution < -0.4 is 15.4 Å². The number of alkyl halides is 3. The van der Waals surface area contributed by atoms with Crippen molar-refractivity contribution in [2.45, 2.75) is 32.5 Å². The maximum atomic E-state index is 11.9. The summed E-state index contributed by atoms with van der Waals surface area (Å²) < 4.78 is 40.2. The van der Waals surface area contributed by atoms with Gasteiger partial charge in [-0.05, 0) is 19.4 Å². The number of nitrogens with one attached hydrogen (secondary N) is 2. The molecule has 112 valence electrons. The average Bonchev–Trinajstić information content (AvgIpc) is 2.36. The lowest BCUT2D eigenvalue weighted by Gasteiger charge is -2.12. The summed E-state index contributed by atoms with van der Waals surface area (Å²) in [5, 5.41) is 5.20.